The lowest BCUT2D eigenvalue weighted by atomic mass is 10.2. The second kappa shape index (κ2) is 11.4. The third-order valence-corrected chi connectivity index (χ3v) is 7.61. The van der Waals surface area contributed by atoms with Gasteiger partial charge in [-0.3, -0.25) is 14.5 Å². The number of furan rings is 1. The summed E-state index contributed by atoms with van der Waals surface area (Å²) in [4.78, 5) is 38.2. The Kier molecular flexibility index (Phi) is 8.52. The molecule has 7 nitrogen and oxygen atoms in total. The number of rotatable bonds is 7. The van der Waals surface area contributed by atoms with Gasteiger partial charge in [-0.25, -0.2) is 4.79 Å². The van der Waals surface area contributed by atoms with Gasteiger partial charge in [-0.15, -0.1) is 0 Å². The second-order valence-corrected chi connectivity index (χ2v) is 10.9. The van der Waals surface area contributed by atoms with Crippen LogP contribution in [0.2, 0.25) is 10.0 Å². The Morgan fingerprint density at radius 2 is 1.83 bits per heavy atom. The number of amides is 2. The number of ether oxygens (including phenoxy) is 2. The molecule has 12 heteroatoms. The molecule has 2 amide bonds. The second-order valence-electron chi connectivity index (χ2n) is 7.36. The predicted octanol–water partition coefficient (Wildman–Crippen LogP) is 7.71. The summed E-state index contributed by atoms with van der Waals surface area (Å²) in [5.74, 6) is -0.288. The lowest BCUT2D eigenvalue weighted by molar-refractivity contribution is -0.123. The zero-order chi connectivity index (χ0) is 26.0. The number of carbonyl (C=O) groups excluding carboxylic acids is 3. The Morgan fingerprint density at radius 1 is 1.11 bits per heavy atom. The molecular formula is C24H15Br2Cl2NO6S. The van der Waals surface area contributed by atoms with Gasteiger partial charge in [0, 0.05) is 15.6 Å². The van der Waals surface area contributed by atoms with Gasteiger partial charge in [-0.2, -0.15) is 0 Å². The summed E-state index contributed by atoms with van der Waals surface area (Å²) in [7, 11) is 1.23. The van der Waals surface area contributed by atoms with Gasteiger partial charge in [-0.1, -0.05) is 29.3 Å². The molecule has 0 bridgehead atoms. The van der Waals surface area contributed by atoms with Crippen molar-refractivity contribution in [2.45, 2.75) is 13.2 Å². The van der Waals surface area contributed by atoms with Crippen molar-refractivity contribution >= 4 is 90.0 Å². The number of hydrogen-bond acceptors (Lipinski definition) is 7. The molecule has 36 heavy (non-hydrogen) atoms. The van der Waals surface area contributed by atoms with Crippen LogP contribution < -0.4 is 4.74 Å². The molecule has 0 saturated carbocycles. The molecule has 3 aromatic rings. The van der Waals surface area contributed by atoms with Crippen molar-refractivity contribution in [3.05, 3.63) is 89.0 Å². The molecule has 0 unspecified atom stereocenters. The topological polar surface area (TPSA) is 86.0 Å². The maximum atomic E-state index is 12.9. The fraction of sp³-hybridized carbons (Fsp3) is 0.125. The normalized spacial score (nSPS) is 14.6. The van der Waals surface area contributed by atoms with E-state index in [4.69, 9.17) is 32.4 Å². The highest BCUT2D eigenvalue weighted by molar-refractivity contribution is 9.11. The van der Waals surface area contributed by atoms with E-state index in [1.807, 2.05) is 0 Å². The Morgan fingerprint density at radius 3 is 2.50 bits per heavy atom. The minimum absolute atomic E-state index is 0.00893. The van der Waals surface area contributed by atoms with E-state index < -0.39 is 17.1 Å². The van der Waals surface area contributed by atoms with Crippen LogP contribution in [0.1, 0.15) is 27.4 Å². The number of halogens is 4. The van der Waals surface area contributed by atoms with E-state index in [1.54, 1.807) is 36.4 Å². The Bertz CT molecular complexity index is 1380. The molecule has 186 valence electrons. The standard InChI is InChI=1S/C24H15Br2Cl2NO6S/c1-33-23(31)19-5-4-15(35-19)10-29-22(30)20(36-24(29)32)8-12-6-16(25)21(17(26)7-12)34-11-13-2-3-14(27)9-18(13)28/h2-9H,10-11H2,1H3/b20-8+. The van der Waals surface area contributed by atoms with Crippen LogP contribution in [0.5, 0.6) is 5.75 Å². The first kappa shape index (κ1) is 26.8. The monoisotopic (exact) mass is 673 g/mol. The third-order valence-electron chi connectivity index (χ3n) is 4.94. The average molecular weight is 676 g/mol. The smallest absolute Gasteiger partial charge is 0.373 e. The number of methoxy groups -OCH3 is 1. The van der Waals surface area contributed by atoms with E-state index in [1.165, 1.54) is 19.2 Å². The first-order valence-corrected chi connectivity index (χ1v) is 13.3. The van der Waals surface area contributed by atoms with Crippen LogP contribution in [-0.2, 0) is 22.7 Å². The highest BCUT2D eigenvalue weighted by Crippen LogP contribution is 2.39. The number of nitrogens with zero attached hydrogens (tertiary/aromatic N) is 1. The Hall–Kier alpha value is -2.24. The molecular weight excluding hydrogens is 661 g/mol. The highest BCUT2D eigenvalue weighted by Gasteiger charge is 2.36. The van der Waals surface area contributed by atoms with Crippen LogP contribution in [0.3, 0.4) is 0 Å². The summed E-state index contributed by atoms with van der Waals surface area (Å²) < 4.78 is 17.2. The van der Waals surface area contributed by atoms with E-state index in [-0.39, 0.29) is 29.6 Å². The van der Waals surface area contributed by atoms with Gasteiger partial charge in [0.15, 0.2) is 0 Å². The summed E-state index contributed by atoms with van der Waals surface area (Å²) in [6.07, 6.45) is 1.61. The van der Waals surface area contributed by atoms with Crippen molar-refractivity contribution < 1.29 is 28.3 Å². The van der Waals surface area contributed by atoms with Crippen molar-refractivity contribution in [2.24, 2.45) is 0 Å². The molecule has 1 aliphatic rings. The molecule has 0 atom stereocenters. The van der Waals surface area contributed by atoms with Gasteiger partial charge in [0.05, 0.1) is 27.5 Å². The van der Waals surface area contributed by atoms with Gasteiger partial charge in [0.1, 0.15) is 18.1 Å². The fourth-order valence-corrected chi connectivity index (χ4v) is 5.96. The van der Waals surface area contributed by atoms with Crippen molar-refractivity contribution in [1.82, 2.24) is 4.90 Å². The molecule has 0 radical (unpaired) electrons. The quantitative estimate of drug-likeness (QED) is 0.187. The van der Waals surface area contributed by atoms with Gasteiger partial charge in [0.2, 0.25) is 5.76 Å². The average Bonchev–Trinajstić information content (AvgIpc) is 3.39. The maximum Gasteiger partial charge on any atom is 0.373 e. The van der Waals surface area contributed by atoms with Gasteiger partial charge in [0.25, 0.3) is 11.1 Å². The summed E-state index contributed by atoms with van der Waals surface area (Å²) in [5.41, 5.74) is 1.44. The minimum Gasteiger partial charge on any atom is -0.486 e. The number of imide groups is 1. The summed E-state index contributed by atoms with van der Waals surface area (Å²) in [6, 6.07) is 11.6. The van der Waals surface area contributed by atoms with E-state index >= 15 is 0 Å². The number of esters is 1. The minimum atomic E-state index is -0.643. The first-order valence-electron chi connectivity index (χ1n) is 10.1. The predicted molar refractivity (Wildman–Crippen MR) is 144 cm³/mol. The van der Waals surface area contributed by atoms with Crippen LogP contribution in [0, 0.1) is 0 Å². The Labute approximate surface area is 237 Å². The van der Waals surface area contributed by atoms with E-state index in [0.717, 1.165) is 22.2 Å². The van der Waals surface area contributed by atoms with E-state index in [0.29, 0.717) is 30.3 Å². The van der Waals surface area contributed by atoms with Crippen LogP contribution in [0.25, 0.3) is 6.08 Å². The largest absolute Gasteiger partial charge is 0.486 e. The van der Waals surface area contributed by atoms with Crippen molar-refractivity contribution in [3.63, 3.8) is 0 Å². The molecule has 1 aliphatic heterocycles. The zero-order valence-corrected chi connectivity index (χ0v) is 23.9. The molecule has 0 N–H and O–H groups in total. The number of benzene rings is 2. The molecule has 1 fully saturated rings. The van der Waals surface area contributed by atoms with Crippen molar-refractivity contribution in [1.29, 1.82) is 0 Å². The van der Waals surface area contributed by atoms with Crippen molar-refractivity contribution in [3.8, 4) is 5.75 Å². The first-order chi connectivity index (χ1) is 17.2. The van der Waals surface area contributed by atoms with Gasteiger partial charge < -0.3 is 13.9 Å². The van der Waals surface area contributed by atoms with E-state index in [9.17, 15) is 14.4 Å². The molecule has 2 heterocycles. The highest BCUT2D eigenvalue weighted by atomic mass is 79.9. The molecule has 4 rings (SSSR count). The number of thioether (sulfide) groups is 1. The lowest BCUT2D eigenvalue weighted by Crippen LogP contribution is -2.27. The van der Waals surface area contributed by atoms with Gasteiger partial charge >= 0.3 is 5.97 Å². The molecule has 1 saturated heterocycles. The molecule has 1 aromatic heterocycles. The number of hydrogen-bond donors (Lipinski definition) is 0. The molecule has 2 aromatic carbocycles. The third kappa shape index (κ3) is 6.00. The summed E-state index contributed by atoms with van der Waals surface area (Å²) in [5, 5.41) is 0.591. The van der Waals surface area contributed by atoms with Gasteiger partial charge in [-0.05, 0) is 91.7 Å². The van der Waals surface area contributed by atoms with E-state index in [2.05, 4.69) is 36.6 Å². The summed E-state index contributed by atoms with van der Waals surface area (Å²) in [6.45, 7) is 0.113. The zero-order valence-electron chi connectivity index (χ0n) is 18.3. The number of carbonyl (C=O) groups is 3. The van der Waals surface area contributed by atoms with Crippen LogP contribution >= 0.6 is 66.8 Å². The van der Waals surface area contributed by atoms with Crippen LogP contribution in [0.4, 0.5) is 4.79 Å². The molecule has 0 spiro atoms. The van der Waals surface area contributed by atoms with Crippen LogP contribution in [-0.4, -0.2) is 29.1 Å². The van der Waals surface area contributed by atoms with Crippen molar-refractivity contribution in [2.75, 3.05) is 7.11 Å². The SMILES string of the molecule is COC(=O)c1ccc(CN2C(=O)S/C(=C/c3cc(Br)c(OCc4ccc(Cl)cc4Cl)c(Br)c3)C2=O)o1. The lowest BCUT2D eigenvalue weighted by Gasteiger charge is -2.13. The Balaban J connectivity index is 1.48. The molecule has 0 aliphatic carbocycles. The summed E-state index contributed by atoms with van der Waals surface area (Å²) >= 11 is 20.0. The maximum absolute atomic E-state index is 12.9. The fourth-order valence-electron chi connectivity index (χ4n) is 3.21. The van der Waals surface area contributed by atoms with Crippen LogP contribution in [0.15, 0.2) is 60.7 Å².